The van der Waals surface area contributed by atoms with Gasteiger partial charge in [-0.15, -0.1) is 40.5 Å². The number of allylic oxidation sites excluding steroid dienone is 2. The Morgan fingerprint density at radius 2 is 1.37 bits per heavy atom. The van der Waals surface area contributed by atoms with Crippen LogP contribution in [-0.4, -0.2) is 22.1 Å². The Balaban J connectivity index is 0.000000377. The molecular weight excluding hydrogens is 1010 g/mol. The largest absolute Gasteiger partial charge is 0.512 e. The van der Waals surface area contributed by atoms with Crippen molar-refractivity contribution in [3.63, 3.8) is 0 Å². The number of aryl methyl sites for hydroxylation is 1. The van der Waals surface area contributed by atoms with Crippen LogP contribution in [0.2, 0.25) is 0 Å². The van der Waals surface area contributed by atoms with Crippen LogP contribution < -0.4 is 0 Å². The summed E-state index contributed by atoms with van der Waals surface area (Å²) in [5, 5.41) is 13.6. The molecule has 1 aliphatic carbocycles. The second-order valence-electron chi connectivity index (χ2n) is 20.7. The molecule has 0 amide bonds. The number of halogens is 3. The van der Waals surface area contributed by atoms with Gasteiger partial charge in [0.25, 0.3) is 0 Å². The monoisotopic (exact) mass is 1080 g/mol. The summed E-state index contributed by atoms with van der Waals surface area (Å²) >= 11 is 1.77. The van der Waals surface area contributed by atoms with Crippen LogP contribution in [0.25, 0.3) is 53.7 Å². The van der Waals surface area contributed by atoms with Crippen LogP contribution in [0.4, 0.5) is 13.2 Å². The van der Waals surface area contributed by atoms with Crippen molar-refractivity contribution in [3.8, 4) is 32.8 Å². The molecule has 0 aliphatic heterocycles. The molecule has 2 heterocycles. The summed E-state index contributed by atoms with van der Waals surface area (Å²) in [7, 11) is 0. The van der Waals surface area contributed by atoms with Crippen LogP contribution in [0.1, 0.15) is 144 Å². The van der Waals surface area contributed by atoms with E-state index in [9.17, 15) is 23.1 Å². The fourth-order valence-electron chi connectivity index (χ4n) is 8.92. The summed E-state index contributed by atoms with van der Waals surface area (Å²) in [5.41, 5.74) is 8.05. The predicted octanol–water partition coefficient (Wildman–Crippen LogP) is 17.3. The minimum atomic E-state index is -4.27. The molecule has 65 heavy (non-hydrogen) atoms. The maximum atomic E-state index is 13.7. The molecule has 0 saturated heterocycles. The Labute approximate surface area is 403 Å². The second kappa shape index (κ2) is 18.9. The predicted molar refractivity (Wildman–Crippen MR) is 264 cm³/mol. The minimum Gasteiger partial charge on any atom is -0.512 e. The fraction of sp³-hybridized carbons (Fsp3) is 0.439. The number of ketones is 1. The number of hydrogen-bond acceptors (Lipinski definition) is 4. The van der Waals surface area contributed by atoms with Gasteiger partial charge in [0, 0.05) is 63.9 Å². The Morgan fingerprint density at radius 3 is 1.95 bits per heavy atom. The number of hydrogen-bond donors (Lipinski definition) is 1. The summed E-state index contributed by atoms with van der Waals surface area (Å²) in [4.78, 5) is 18.3. The summed E-state index contributed by atoms with van der Waals surface area (Å²) < 4.78 is 42.3. The molecule has 2 aromatic heterocycles. The van der Waals surface area contributed by atoms with E-state index in [2.05, 4.69) is 102 Å². The molecule has 1 aliphatic rings. The molecule has 0 saturated carbocycles. The van der Waals surface area contributed by atoms with Crippen molar-refractivity contribution in [1.29, 1.82) is 0 Å². The molecule has 0 bridgehead atoms. The molecule has 349 valence electrons. The van der Waals surface area contributed by atoms with Gasteiger partial charge < -0.3 is 5.11 Å². The number of carbonyl (C=O) groups excluding carboxylic acids is 1. The molecule has 8 heteroatoms. The Bertz CT molecular complexity index is 2740. The molecule has 3 nitrogen and oxygen atoms in total. The first-order chi connectivity index (χ1) is 29.8. The van der Waals surface area contributed by atoms with Crippen molar-refractivity contribution in [2.75, 3.05) is 0 Å². The SMILES string of the molecule is CCC(C)(CC)C(=O)/C=C(\O)C(C)(CC)CC.Cc1c(-c2ccc3c(c2)C(C)(C)c2cc(CC(C)(C)C(F)(F)F)ccc2-3)sc2c(-c3[c-]c4ccccc4c(C(C)(C)C)c3)nccc12.[Ir]. The zero-order valence-corrected chi connectivity index (χ0v) is 44.0. The van der Waals surface area contributed by atoms with Gasteiger partial charge in [0.1, 0.15) is 5.76 Å². The van der Waals surface area contributed by atoms with E-state index in [0.29, 0.717) is 5.56 Å². The first-order valence-corrected chi connectivity index (χ1v) is 23.7. The van der Waals surface area contributed by atoms with Crippen molar-refractivity contribution in [3.05, 3.63) is 125 Å². The second-order valence-corrected chi connectivity index (χ2v) is 21.8. The number of rotatable bonds is 11. The third-order valence-electron chi connectivity index (χ3n) is 14.7. The summed E-state index contributed by atoms with van der Waals surface area (Å²) in [6, 6.07) is 29.0. The molecular formula is C57H67F3IrNO2S-. The van der Waals surface area contributed by atoms with Gasteiger partial charge in [0.05, 0.1) is 5.41 Å². The molecule has 0 spiro atoms. The standard InChI is InChI=1S/C42H39F3NS.C15H28O2.Ir/c1-24-29-17-18-46-36(28-20-26-11-9-10-12-30(26)33(22-28)39(2,3)4)38(29)47-37(24)27-14-16-32-31-15-13-25(23-40(5,6)42(43,44)45)19-34(31)41(7,8)35(32)21-27;1-7-14(5,8-2)12(16)11-13(17)15(6,9-3)10-4;/h9-19,21-22H,23H2,1-8H3;11,16H,7-10H2,1-6H3;/q-1;;/b;12-11-;. The first kappa shape index (κ1) is 51.9. The Kier molecular flexibility index (Phi) is 15.1. The van der Waals surface area contributed by atoms with Crippen molar-refractivity contribution in [2.45, 2.75) is 146 Å². The Morgan fingerprint density at radius 1 is 0.785 bits per heavy atom. The normalized spacial score (nSPS) is 14.1. The van der Waals surface area contributed by atoms with Crippen LogP contribution in [0.5, 0.6) is 0 Å². The van der Waals surface area contributed by atoms with Gasteiger partial charge in [0.15, 0.2) is 5.78 Å². The minimum absolute atomic E-state index is 0. The van der Waals surface area contributed by atoms with E-state index in [4.69, 9.17) is 4.98 Å². The Hall–Kier alpha value is -4.10. The number of carbonyl (C=O) groups is 1. The van der Waals surface area contributed by atoms with Crippen LogP contribution in [-0.2, 0) is 42.2 Å². The van der Waals surface area contributed by atoms with Crippen molar-refractivity contribution in [1.82, 2.24) is 4.98 Å². The number of benzene rings is 4. The van der Waals surface area contributed by atoms with Crippen LogP contribution in [0.3, 0.4) is 0 Å². The smallest absolute Gasteiger partial charge is 0.394 e. The number of aliphatic hydroxyl groups is 1. The third-order valence-corrected chi connectivity index (χ3v) is 16.1. The van der Waals surface area contributed by atoms with Crippen LogP contribution >= 0.6 is 11.3 Å². The van der Waals surface area contributed by atoms with Crippen LogP contribution in [0.15, 0.2) is 90.8 Å². The number of pyridine rings is 1. The third kappa shape index (κ3) is 9.83. The summed E-state index contributed by atoms with van der Waals surface area (Å²) in [5.74, 6) is 0.286. The average molecular weight is 1080 g/mol. The van der Waals surface area contributed by atoms with Crippen molar-refractivity contribution >= 4 is 38.0 Å². The van der Waals surface area contributed by atoms with E-state index in [-0.39, 0.29) is 59.7 Å². The topological polar surface area (TPSA) is 50.2 Å². The number of alkyl halides is 3. The number of fused-ring (bicyclic) bond motifs is 5. The molecule has 1 radical (unpaired) electrons. The number of aliphatic hydroxyl groups excluding tert-OH is 1. The van der Waals surface area contributed by atoms with Gasteiger partial charge in [-0.1, -0.05) is 149 Å². The zero-order valence-electron chi connectivity index (χ0n) is 40.8. The van der Waals surface area contributed by atoms with E-state index in [1.807, 2.05) is 65.9 Å². The van der Waals surface area contributed by atoms with Gasteiger partial charge >= 0.3 is 6.18 Å². The average Bonchev–Trinajstić information content (AvgIpc) is 3.70. The van der Waals surface area contributed by atoms with Gasteiger partial charge in [-0.25, -0.2) is 0 Å². The molecule has 0 fully saturated rings. The number of nitrogens with zero attached hydrogens (tertiary/aromatic N) is 1. The molecule has 0 atom stereocenters. The molecule has 1 N–H and O–H groups in total. The van der Waals surface area contributed by atoms with Gasteiger partial charge in [0.2, 0.25) is 0 Å². The number of thiophene rings is 1. The van der Waals surface area contributed by atoms with Crippen molar-refractivity contribution < 1.29 is 43.2 Å². The number of aromatic nitrogens is 1. The van der Waals surface area contributed by atoms with E-state index >= 15 is 0 Å². The van der Waals surface area contributed by atoms with E-state index < -0.39 is 11.6 Å². The van der Waals surface area contributed by atoms with Gasteiger partial charge in [-0.2, -0.15) is 13.2 Å². The maximum Gasteiger partial charge on any atom is 0.394 e. The molecule has 7 rings (SSSR count). The first-order valence-electron chi connectivity index (χ1n) is 22.9. The van der Waals surface area contributed by atoms with Crippen LogP contribution in [0, 0.1) is 29.2 Å². The van der Waals surface area contributed by atoms with E-state index in [1.165, 1.54) is 52.3 Å². The van der Waals surface area contributed by atoms with Gasteiger partial charge in [-0.3, -0.25) is 9.78 Å². The summed E-state index contributed by atoms with van der Waals surface area (Å²) in [6.45, 7) is 27.9. The molecule has 6 aromatic rings. The van der Waals surface area contributed by atoms with E-state index in [0.717, 1.165) is 69.3 Å². The van der Waals surface area contributed by atoms with Crippen molar-refractivity contribution in [2.24, 2.45) is 16.2 Å². The summed E-state index contributed by atoms with van der Waals surface area (Å²) in [6.07, 6.45) is 2.34. The van der Waals surface area contributed by atoms with E-state index in [1.54, 1.807) is 11.3 Å². The fourth-order valence-corrected chi connectivity index (χ4v) is 10.2. The zero-order chi connectivity index (χ0) is 47.4. The van der Waals surface area contributed by atoms with Gasteiger partial charge in [-0.05, 0) is 101 Å². The molecule has 4 aromatic carbocycles. The quantitative estimate of drug-likeness (QED) is 0.0799. The maximum absolute atomic E-state index is 13.7. The molecule has 0 unspecified atom stereocenters.